The van der Waals surface area contributed by atoms with Crippen LogP contribution >= 0.6 is 23.8 Å². The van der Waals surface area contributed by atoms with E-state index in [4.69, 9.17) is 23.8 Å². The number of nitrogens with one attached hydrogen (secondary N) is 2. The quantitative estimate of drug-likeness (QED) is 0.503. The lowest BCUT2D eigenvalue weighted by Gasteiger charge is -2.10. The van der Waals surface area contributed by atoms with Gasteiger partial charge in [0, 0.05) is 23.5 Å². The maximum atomic E-state index is 13.3. The van der Waals surface area contributed by atoms with Gasteiger partial charge in [0.15, 0.2) is 5.11 Å². The number of halogens is 2. The zero-order valence-corrected chi connectivity index (χ0v) is 12.0. The first-order chi connectivity index (χ1) is 9.95. The number of non-ortho nitro benzene ring substituents is 1. The molecule has 0 bridgehead atoms. The summed E-state index contributed by atoms with van der Waals surface area (Å²) in [4.78, 5) is 10.0. The third kappa shape index (κ3) is 4.11. The van der Waals surface area contributed by atoms with Crippen LogP contribution in [0.3, 0.4) is 0 Å². The van der Waals surface area contributed by atoms with Crippen LogP contribution in [0.15, 0.2) is 42.5 Å². The molecule has 0 aliphatic carbocycles. The Balaban J connectivity index is 2.01. The van der Waals surface area contributed by atoms with Gasteiger partial charge in [-0.3, -0.25) is 10.1 Å². The molecular formula is C13H9ClFN3O2S. The van der Waals surface area contributed by atoms with Crippen LogP contribution in [0, 0.1) is 15.9 Å². The van der Waals surface area contributed by atoms with Crippen LogP contribution in [0.2, 0.25) is 5.02 Å². The van der Waals surface area contributed by atoms with Gasteiger partial charge in [0.2, 0.25) is 0 Å². The van der Waals surface area contributed by atoms with Gasteiger partial charge in [-0.25, -0.2) is 4.39 Å². The smallest absolute Gasteiger partial charge is 0.269 e. The average Bonchev–Trinajstić information content (AvgIpc) is 2.43. The number of nitrogens with zero attached hydrogens (tertiary/aromatic N) is 1. The van der Waals surface area contributed by atoms with E-state index in [2.05, 4.69) is 10.6 Å². The lowest BCUT2D eigenvalue weighted by molar-refractivity contribution is -0.384. The number of rotatable bonds is 3. The van der Waals surface area contributed by atoms with Crippen LogP contribution in [0.4, 0.5) is 21.5 Å². The molecule has 0 aromatic heterocycles. The zero-order chi connectivity index (χ0) is 15.4. The SMILES string of the molecule is O=[N+]([O-])c1ccc(NC(=S)Nc2ccc(Cl)c(F)c2)cc1. The van der Waals surface area contributed by atoms with Crippen LogP contribution in [0.5, 0.6) is 0 Å². The molecule has 0 aliphatic rings. The third-order valence-corrected chi connectivity index (χ3v) is 3.02. The highest BCUT2D eigenvalue weighted by molar-refractivity contribution is 7.80. The maximum Gasteiger partial charge on any atom is 0.269 e. The van der Waals surface area contributed by atoms with Crippen molar-refractivity contribution in [1.82, 2.24) is 0 Å². The number of nitro benzene ring substituents is 1. The van der Waals surface area contributed by atoms with Gasteiger partial charge in [0.05, 0.1) is 9.95 Å². The number of thiocarbonyl (C=S) groups is 1. The molecule has 0 saturated heterocycles. The molecule has 0 amide bonds. The van der Waals surface area contributed by atoms with E-state index in [1.807, 2.05) is 0 Å². The van der Waals surface area contributed by atoms with Gasteiger partial charge in [0.1, 0.15) is 5.82 Å². The molecule has 2 rings (SSSR count). The van der Waals surface area contributed by atoms with Gasteiger partial charge in [-0.15, -0.1) is 0 Å². The first-order valence-corrected chi connectivity index (χ1v) is 6.52. The summed E-state index contributed by atoms with van der Waals surface area (Å²) in [5, 5.41) is 16.4. The number of hydrogen-bond acceptors (Lipinski definition) is 3. The van der Waals surface area contributed by atoms with Gasteiger partial charge in [0.25, 0.3) is 5.69 Å². The molecular weight excluding hydrogens is 317 g/mol. The summed E-state index contributed by atoms with van der Waals surface area (Å²) >= 11 is 10.6. The van der Waals surface area contributed by atoms with Crippen molar-refractivity contribution in [1.29, 1.82) is 0 Å². The fourth-order valence-electron chi connectivity index (χ4n) is 1.53. The van der Waals surface area contributed by atoms with Gasteiger partial charge in [-0.05, 0) is 42.5 Å². The normalized spacial score (nSPS) is 10.0. The molecule has 0 atom stereocenters. The van der Waals surface area contributed by atoms with Crippen molar-refractivity contribution in [2.24, 2.45) is 0 Å². The Labute approximate surface area is 129 Å². The molecule has 8 heteroatoms. The van der Waals surface area contributed by atoms with Crippen molar-refractivity contribution in [3.63, 3.8) is 0 Å². The molecule has 2 aromatic rings. The average molecular weight is 326 g/mol. The van der Waals surface area contributed by atoms with E-state index in [-0.39, 0.29) is 15.8 Å². The summed E-state index contributed by atoms with van der Waals surface area (Å²) < 4.78 is 13.3. The van der Waals surface area contributed by atoms with Crippen molar-refractivity contribution in [2.75, 3.05) is 10.6 Å². The molecule has 21 heavy (non-hydrogen) atoms. The first kappa shape index (κ1) is 15.1. The second-order valence-electron chi connectivity index (χ2n) is 4.01. The van der Waals surface area contributed by atoms with Crippen molar-refractivity contribution in [3.8, 4) is 0 Å². The Morgan fingerprint density at radius 2 is 1.71 bits per heavy atom. The van der Waals surface area contributed by atoms with Crippen molar-refractivity contribution in [3.05, 3.63) is 63.4 Å². The monoisotopic (exact) mass is 325 g/mol. The van der Waals surface area contributed by atoms with Crippen LogP contribution in [0.1, 0.15) is 0 Å². The molecule has 0 aliphatic heterocycles. The molecule has 0 fully saturated rings. The molecule has 108 valence electrons. The lowest BCUT2D eigenvalue weighted by atomic mass is 10.3. The standard InChI is InChI=1S/C13H9ClFN3O2S/c14-11-6-3-9(7-12(11)15)17-13(21)16-8-1-4-10(5-2-8)18(19)20/h1-7H,(H2,16,17,21). The Bertz CT molecular complexity index is 694. The summed E-state index contributed by atoms with van der Waals surface area (Å²) in [5.74, 6) is -0.556. The first-order valence-electron chi connectivity index (χ1n) is 5.73. The summed E-state index contributed by atoms with van der Waals surface area (Å²) in [6.07, 6.45) is 0. The van der Waals surface area contributed by atoms with Crippen LogP contribution in [-0.4, -0.2) is 10.0 Å². The fourth-order valence-corrected chi connectivity index (χ4v) is 1.89. The Kier molecular flexibility index (Phi) is 4.66. The molecule has 2 aromatic carbocycles. The van der Waals surface area contributed by atoms with Crippen LogP contribution in [-0.2, 0) is 0 Å². The minimum Gasteiger partial charge on any atom is -0.332 e. The van der Waals surface area contributed by atoms with Gasteiger partial charge < -0.3 is 10.6 Å². The molecule has 2 N–H and O–H groups in total. The molecule has 0 heterocycles. The molecule has 0 unspecified atom stereocenters. The summed E-state index contributed by atoms with van der Waals surface area (Å²) in [6, 6.07) is 9.96. The van der Waals surface area contributed by atoms with Crippen molar-refractivity contribution in [2.45, 2.75) is 0 Å². The molecule has 0 radical (unpaired) electrons. The van der Waals surface area contributed by atoms with Gasteiger partial charge in [-0.1, -0.05) is 11.6 Å². The van der Waals surface area contributed by atoms with Crippen molar-refractivity contribution < 1.29 is 9.31 Å². The van der Waals surface area contributed by atoms with E-state index < -0.39 is 10.7 Å². The second kappa shape index (κ2) is 6.47. The predicted molar refractivity (Wildman–Crippen MR) is 84.3 cm³/mol. The number of benzene rings is 2. The molecule has 0 spiro atoms. The maximum absolute atomic E-state index is 13.3. The topological polar surface area (TPSA) is 67.2 Å². The van der Waals surface area contributed by atoms with E-state index in [0.29, 0.717) is 11.4 Å². The molecule has 5 nitrogen and oxygen atoms in total. The second-order valence-corrected chi connectivity index (χ2v) is 4.83. The van der Waals surface area contributed by atoms with Gasteiger partial charge >= 0.3 is 0 Å². The fraction of sp³-hybridized carbons (Fsp3) is 0. The lowest BCUT2D eigenvalue weighted by Crippen LogP contribution is -2.19. The van der Waals surface area contributed by atoms with E-state index in [1.54, 1.807) is 6.07 Å². The zero-order valence-electron chi connectivity index (χ0n) is 10.5. The minimum atomic E-state index is -0.556. The largest absolute Gasteiger partial charge is 0.332 e. The van der Waals surface area contributed by atoms with E-state index in [0.717, 1.165) is 0 Å². The summed E-state index contributed by atoms with van der Waals surface area (Å²) in [6.45, 7) is 0. The predicted octanol–water partition coefficient (Wildman–Crippen LogP) is 4.20. The Morgan fingerprint density at radius 3 is 2.29 bits per heavy atom. The number of nitro groups is 1. The Hall–Kier alpha value is -2.25. The molecule has 0 saturated carbocycles. The van der Waals surface area contributed by atoms with E-state index in [1.165, 1.54) is 36.4 Å². The summed E-state index contributed by atoms with van der Waals surface area (Å²) in [5.41, 5.74) is 1.00. The van der Waals surface area contributed by atoms with E-state index >= 15 is 0 Å². The highest BCUT2D eigenvalue weighted by Crippen LogP contribution is 2.19. The Morgan fingerprint density at radius 1 is 1.14 bits per heavy atom. The number of anilines is 2. The minimum absolute atomic E-state index is 0.0146. The van der Waals surface area contributed by atoms with Gasteiger partial charge in [-0.2, -0.15) is 0 Å². The van der Waals surface area contributed by atoms with Crippen molar-refractivity contribution >= 4 is 46.0 Å². The summed E-state index contributed by atoms with van der Waals surface area (Å²) in [7, 11) is 0. The third-order valence-electron chi connectivity index (χ3n) is 2.51. The van der Waals surface area contributed by atoms with E-state index in [9.17, 15) is 14.5 Å². The van der Waals surface area contributed by atoms with Crippen LogP contribution < -0.4 is 10.6 Å². The highest BCUT2D eigenvalue weighted by atomic mass is 35.5. The number of hydrogen-bond donors (Lipinski definition) is 2. The van der Waals surface area contributed by atoms with Crippen LogP contribution in [0.25, 0.3) is 0 Å². The highest BCUT2D eigenvalue weighted by Gasteiger charge is 2.06.